The van der Waals surface area contributed by atoms with E-state index in [1.165, 1.54) is 0 Å². The first-order valence-electron chi connectivity index (χ1n) is 6.21. The highest BCUT2D eigenvalue weighted by atomic mass is 32.2. The molecule has 0 spiro atoms. The Morgan fingerprint density at radius 2 is 2.11 bits per heavy atom. The van der Waals surface area contributed by atoms with Crippen molar-refractivity contribution in [3.05, 3.63) is 29.8 Å². The predicted molar refractivity (Wildman–Crippen MR) is 73.0 cm³/mol. The maximum Gasteiger partial charge on any atom is 0.137 e. The van der Waals surface area contributed by atoms with E-state index in [2.05, 4.69) is 6.07 Å². The minimum atomic E-state index is 0.605. The molecular weight excluding hydrogens is 246 g/mol. The summed E-state index contributed by atoms with van der Waals surface area (Å²) in [6, 6.07) is 9.50. The van der Waals surface area contributed by atoms with Gasteiger partial charge in [0.15, 0.2) is 0 Å². The molecule has 0 unspecified atom stereocenters. The maximum atomic E-state index is 8.93. The molecule has 1 aliphatic heterocycles. The largest absolute Gasteiger partial charge is 0.491 e. The van der Waals surface area contributed by atoms with Gasteiger partial charge in [0.1, 0.15) is 11.8 Å². The quantitative estimate of drug-likeness (QED) is 0.766. The molecule has 1 aromatic rings. The summed E-state index contributed by atoms with van der Waals surface area (Å²) in [5, 5.41) is 9.63. The second-order valence-corrected chi connectivity index (χ2v) is 5.55. The molecule has 0 aromatic heterocycles. The van der Waals surface area contributed by atoms with E-state index in [-0.39, 0.29) is 0 Å². The van der Waals surface area contributed by atoms with Crippen LogP contribution in [0.3, 0.4) is 0 Å². The fraction of sp³-hybridized carbons (Fsp3) is 0.500. The van der Waals surface area contributed by atoms with Gasteiger partial charge in [0, 0.05) is 24.2 Å². The fourth-order valence-corrected chi connectivity index (χ4v) is 2.93. The summed E-state index contributed by atoms with van der Waals surface area (Å²) in [5.74, 6) is 1.65. The van der Waals surface area contributed by atoms with Crippen molar-refractivity contribution < 1.29 is 9.47 Å². The Bertz CT molecular complexity index is 411. The highest BCUT2D eigenvalue weighted by molar-refractivity contribution is 7.99. The smallest absolute Gasteiger partial charge is 0.137 e. The number of nitriles is 1. The first-order chi connectivity index (χ1) is 8.90. The number of ether oxygens (including phenoxy) is 2. The summed E-state index contributed by atoms with van der Waals surface area (Å²) in [6.07, 6.45) is 2.28. The molecule has 0 radical (unpaired) electrons. The van der Waals surface area contributed by atoms with Crippen LogP contribution in [-0.2, 0) is 4.74 Å². The number of rotatable bonds is 5. The van der Waals surface area contributed by atoms with Crippen LogP contribution in [0.1, 0.15) is 18.4 Å². The summed E-state index contributed by atoms with van der Waals surface area (Å²) in [5.41, 5.74) is 0.605. The fourth-order valence-electron chi connectivity index (χ4n) is 1.89. The van der Waals surface area contributed by atoms with E-state index < -0.39 is 0 Å². The van der Waals surface area contributed by atoms with Crippen LogP contribution in [0.4, 0.5) is 0 Å². The lowest BCUT2D eigenvalue weighted by atomic mass is 10.2. The van der Waals surface area contributed by atoms with Crippen LogP contribution < -0.4 is 4.74 Å². The van der Waals surface area contributed by atoms with Gasteiger partial charge in [-0.2, -0.15) is 17.0 Å². The predicted octanol–water partition coefficient (Wildman–Crippen LogP) is 2.85. The summed E-state index contributed by atoms with van der Waals surface area (Å²) < 4.78 is 11.0. The van der Waals surface area contributed by atoms with E-state index in [0.29, 0.717) is 23.2 Å². The number of thioether (sulfide) groups is 1. The third-order valence-corrected chi connectivity index (χ3v) is 4.22. The average Bonchev–Trinajstić information content (AvgIpc) is 2.45. The zero-order chi connectivity index (χ0) is 12.6. The molecule has 0 saturated carbocycles. The van der Waals surface area contributed by atoms with Gasteiger partial charge in [-0.3, -0.25) is 0 Å². The zero-order valence-corrected chi connectivity index (χ0v) is 11.1. The Kier molecular flexibility index (Phi) is 5.37. The molecule has 0 atom stereocenters. The molecule has 0 aliphatic carbocycles. The molecular formula is C14H17NO2S. The van der Waals surface area contributed by atoms with Crippen molar-refractivity contribution in [2.75, 3.05) is 25.6 Å². The maximum absolute atomic E-state index is 8.93. The second kappa shape index (κ2) is 7.30. The average molecular weight is 263 g/mol. The Hall–Kier alpha value is -1.18. The summed E-state index contributed by atoms with van der Waals surface area (Å²) >= 11 is 1.94. The van der Waals surface area contributed by atoms with Gasteiger partial charge >= 0.3 is 0 Å². The molecule has 4 heteroatoms. The van der Waals surface area contributed by atoms with Gasteiger partial charge in [-0.05, 0) is 25.0 Å². The monoisotopic (exact) mass is 263 g/mol. The number of benzene rings is 1. The van der Waals surface area contributed by atoms with Crippen molar-refractivity contribution >= 4 is 11.8 Å². The first-order valence-corrected chi connectivity index (χ1v) is 7.26. The minimum Gasteiger partial charge on any atom is -0.491 e. The lowest BCUT2D eigenvalue weighted by molar-refractivity contribution is 0.1000. The van der Waals surface area contributed by atoms with Gasteiger partial charge in [-0.25, -0.2) is 0 Å². The van der Waals surface area contributed by atoms with Gasteiger partial charge in [0.2, 0.25) is 0 Å². The van der Waals surface area contributed by atoms with Crippen molar-refractivity contribution in [2.24, 2.45) is 0 Å². The molecule has 1 fully saturated rings. The minimum absolute atomic E-state index is 0.605. The Labute approximate surface area is 112 Å². The van der Waals surface area contributed by atoms with Crippen LogP contribution >= 0.6 is 11.8 Å². The highest BCUT2D eigenvalue weighted by Gasteiger charge is 2.13. The van der Waals surface area contributed by atoms with Crippen LogP contribution in [0.5, 0.6) is 5.75 Å². The molecule has 0 amide bonds. The van der Waals surface area contributed by atoms with Crippen LogP contribution in [0.25, 0.3) is 0 Å². The van der Waals surface area contributed by atoms with E-state index in [9.17, 15) is 0 Å². The third-order valence-electron chi connectivity index (χ3n) is 2.87. The van der Waals surface area contributed by atoms with Gasteiger partial charge in [-0.15, -0.1) is 0 Å². The number of hydrogen-bond acceptors (Lipinski definition) is 4. The van der Waals surface area contributed by atoms with Gasteiger partial charge in [-0.1, -0.05) is 12.1 Å². The highest BCUT2D eigenvalue weighted by Crippen LogP contribution is 2.22. The Morgan fingerprint density at radius 1 is 1.33 bits per heavy atom. The van der Waals surface area contributed by atoms with Crippen molar-refractivity contribution in [1.82, 2.24) is 0 Å². The van der Waals surface area contributed by atoms with E-state index in [1.54, 1.807) is 6.07 Å². The molecule has 1 heterocycles. The molecule has 96 valence electrons. The number of para-hydroxylation sites is 1. The van der Waals surface area contributed by atoms with Crippen molar-refractivity contribution in [3.63, 3.8) is 0 Å². The second-order valence-electron chi connectivity index (χ2n) is 4.14. The first kappa shape index (κ1) is 13.3. The number of nitrogens with zero attached hydrogens (tertiary/aromatic N) is 1. The van der Waals surface area contributed by atoms with Gasteiger partial charge < -0.3 is 9.47 Å². The lowest BCUT2D eigenvalue weighted by Gasteiger charge is -2.21. The van der Waals surface area contributed by atoms with Gasteiger partial charge in [0.05, 0.1) is 12.2 Å². The van der Waals surface area contributed by atoms with Crippen molar-refractivity contribution in [2.45, 2.75) is 18.1 Å². The van der Waals surface area contributed by atoms with Crippen LogP contribution in [0.15, 0.2) is 24.3 Å². The van der Waals surface area contributed by atoms with E-state index in [1.807, 2.05) is 30.0 Å². The summed E-state index contributed by atoms with van der Waals surface area (Å²) in [6.45, 7) is 2.42. The summed E-state index contributed by atoms with van der Waals surface area (Å²) in [7, 11) is 0. The lowest BCUT2D eigenvalue weighted by Crippen LogP contribution is -2.18. The molecule has 0 bridgehead atoms. The van der Waals surface area contributed by atoms with Crippen molar-refractivity contribution in [1.29, 1.82) is 5.26 Å². The molecule has 1 aromatic carbocycles. The molecule has 0 N–H and O–H groups in total. The van der Waals surface area contributed by atoms with Crippen LogP contribution in [0, 0.1) is 11.3 Å². The Morgan fingerprint density at radius 3 is 2.89 bits per heavy atom. The number of hydrogen-bond donors (Lipinski definition) is 0. The molecule has 3 nitrogen and oxygen atoms in total. The Balaban J connectivity index is 1.70. The normalized spacial score (nSPS) is 16.2. The zero-order valence-electron chi connectivity index (χ0n) is 10.3. The van der Waals surface area contributed by atoms with Crippen LogP contribution in [0.2, 0.25) is 0 Å². The van der Waals surface area contributed by atoms with E-state index in [0.717, 1.165) is 31.8 Å². The standard InChI is InChI=1S/C14H17NO2S/c15-11-12-3-1-2-4-14(12)17-9-10-18-13-5-7-16-8-6-13/h1-4,13H,5-10H2. The topological polar surface area (TPSA) is 42.2 Å². The SMILES string of the molecule is N#Cc1ccccc1OCCSC1CCOCC1. The molecule has 2 rings (SSSR count). The van der Waals surface area contributed by atoms with E-state index >= 15 is 0 Å². The van der Waals surface area contributed by atoms with Crippen LogP contribution in [-0.4, -0.2) is 30.8 Å². The molecule has 1 aliphatic rings. The summed E-state index contributed by atoms with van der Waals surface area (Å²) in [4.78, 5) is 0. The van der Waals surface area contributed by atoms with Crippen molar-refractivity contribution in [3.8, 4) is 11.8 Å². The van der Waals surface area contributed by atoms with E-state index in [4.69, 9.17) is 14.7 Å². The molecule has 1 saturated heterocycles. The van der Waals surface area contributed by atoms with Gasteiger partial charge in [0.25, 0.3) is 0 Å². The third kappa shape index (κ3) is 3.94. The molecule has 18 heavy (non-hydrogen) atoms.